The second-order valence-electron chi connectivity index (χ2n) is 9.22. The molecule has 4 aliphatic carbocycles. The number of nitrogens with zero attached hydrogens (tertiary/aromatic N) is 3. The summed E-state index contributed by atoms with van der Waals surface area (Å²) in [6, 6.07) is 10.0. The third-order valence-corrected chi connectivity index (χ3v) is 10.1. The van der Waals surface area contributed by atoms with Gasteiger partial charge in [-0.1, -0.05) is 18.2 Å². The molecular formula is C20H19N3O2S. The SMILES string of the molecule is O=c1n(-c2ccccc2)c(=O)n2n1[C@H]1[C@H]3C4C5[C@@]16CCSCC[C@]56[C@H]2[C@@H]43. The molecule has 2 bridgehead atoms. The monoisotopic (exact) mass is 365 g/mol. The predicted molar refractivity (Wildman–Crippen MR) is 97.7 cm³/mol. The van der Waals surface area contributed by atoms with Gasteiger partial charge in [0.05, 0.1) is 17.8 Å². The second kappa shape index (κ2) is 3.66. The standard InChI is InChI=1S/C20H19N3O2S/c24-17-21(10-4-2-1-3-5-10)18(25)23-16-13-11-12(13)15(22(17)23)19-6-8-26-9-7-20(16,19)14(11)19/h1-5,11-16H,6-9H2/t11?,12-,13-,14?,15-,16+,19-,20+/m0/s1. The maximum atomic E-state index is 13.4. The highest BCUT2D eigenvalue weighted by atomic mass is 32.2. The zero-order valence-electron chi connectivity index (χ0n) is 14.2. The zero-order chi connectivity index (χ0) is 17.0. The highest BCUT2D eigenvalue weighted by Gasteiger charge is 3.02. The molecule has 4 saturated carbocycles. The summed E-state index contributed by atoms with van der Waals surface area (Å²) in [6.07, 6.45) is 2.50. The summed E-state index contributed by atoms with van der Waals surface area (Å²) in [7, 11) is 0. The van der Waals surface area contributed by atoms with Crippen LogP contribution in [-0.4, -0.2) is 25.4 Å². The molecule has 1 saturated heterocycles. The molecule has 0 N–H and O–H groups in total. The van der Waals surface area contributed by atoms with Crippen molar-refractivity contribution in [1.82, 2.24) is 13.9 Å². The second-order valence-corrected chi connectivity index (χ2v) is 10.4. The number of para-hydroxylation sites is 1. The van der Waals surface area contributed by atoms with E-state index in [0.29, 0.717) is 28.4 Å². The number of hydrogen-bond acceptors (Lipinski definition) is 3. The molecule has 2 unspecified atom stereocenters. The van der Waals surface area contributed by atoms with E-state index in [4.69, 9.17) is 0 Å². The Morgan fingerprint density at radius 1 is 0.846 bits per heavy atom. The number of aromatic nitrogens is 3. The first-order chi connectivity index (χ1) is 12.7. The van der Waals surface area contributed by atoms with Crippen molar-refractivity contribution >= 4 is 11.8 Å². The highest BCUT2D eigenvalue weighted by molar-refractivity contribution is 7.99. The van der Waals surface area contributed by atoms with Crippen LogP contribution in [-0.2, 0) is 0 Å². The minimum atomic E-state index is -0.104. The lowest BCUT2D eigenvalue weighted by atomic mass is 9.69. The average molecular weight is 365 g/mol. The Labute approximate surface area is 154 Å². The molecule has 0 amide bonds. The summed E-state index contributed by atoms with van der Waals surface area (Å²) in [5.74, 6) is 5.42. The number of benzene rings is 1. The number of thioether (sulfide) groups is 1. The van der Waals surface area contributed by atoms with Gasteiger partial charge >= 0.3 is 11.4 Å². The van der Waals surface area contributed by atoms with Crippen molar-refractivity contribution in [3.8, 4) is 5.69 Å². The van der Waals surface area contributed by atoms with Crippen molar-refractivity contribution in [2.24, 2.45) is 34.5 Å². The lowest BCUT2D eigenvalue weighted by Gasteiger charge is -2.47. The minimum Gasteiger partial charge on any atom is -0.245 e. The van der Waals surface area contributed by atoms with E-state index in [1.165, 1.54) is 28.9 Å². The predicted octanol–water partition coefficient (Wildman–Crippen LogP) is 1.92. The van der Waals surface area contributed by atoms with Crippen molar-refractivity contribution in [2.45, 2.75) is 24.9 Å². The topological polar surface area (TPSA) is 48.9 Å². The molecular weight excluding hydrogens is 346 g/mol. The van der Waals surface area contributed by atoms with Gasteiger partial charge in [0.1, 0.15) is 0 Å². The summed E-state index contributed by atoms with van der Waals surface area (Å²) in [6.45, 7) is 0. The Hall–Kier alpha value is -1.69. The maximum absolute atomic E-state index is 13.4. The van der Waals surface area contributed by atoms with Gasteiger partial charge in [-0.2, -0.15) is 11.8 Å². The van der Waals surface area contributed by atoms with Gasteiger partial charge in [0.15, 0.2) is 0 Å². The smallest absolute Gasteiger partial charge is 0.245 e. The molecule has 5 fully saturated rings. The molecule has 2 aromatic rings. The van der Waals surface area contributed by atoms with Crippen LogP contribution in [0.5, 0.6) is 0 Å². The lowest BCUT2D eigenvalue weighted by Crippen LogP contribution is -2.52. The fourth-order valence-electron chi connectivity index (χ4n) is 8.84. The van der Waals surface area contributed by atoms with Crippen molar-refractivity contribution in [1.29, 1.82) is 0 Å². The maximum Gasteiger partial charge on any atom is 0.352 e. The summed E-state index contributed by atoms with van der Waals surface area (Å²) in [4.78, 5) is 26.8. The van der Waals surface area contributed by atoms with Gasteiger partial charge in [-0.25, -0.2) is 23.5 Å². The Balaban J connectivity index is 1.45. The summed E-state index contributed by atoms with van der Waals surface area (Å²) >= 11 is 2.08. The van der Waals surface area contributed by atoms with Crippen LogP contribution in [0.15, 0.2) is 39.9 Å². The Kier molecular flexibility index (Phi) is 1.90. The first-order valence-corrected chi connectivity index (χ1v) is 11.0. The van der Waals surface area contributed by atoms with E-state index >= 15 is 0 Å². The van der Waals surface area contributed by atoms with Crippen LogP contribution in [0.4, 0.5) is 0 Å². The molecule has 5 nitrogen and oxygen atoms in total. The molecule has 132 valence electrons. The van der Waals surface area contributed by atoms with E-state index in [9.17, 15) is 9.59 Å². The third-order valence-electron chi connectivity index (χ3n) is 9.12. The van der Waals surface area contributed by atoms with Crippen LogP contribution in [0.2, 0.25) is 0 Å². The molecule has 8 atom stereocenters. The molecule has 3 aliphatic heterocycles. The Morgan fingerprint density at radius 3 is 2.00 bits per heavy atom. The summed E-state index contributed by atoms with van der Waals surface area (Å²) < 4.78 is 5.29. The lowest BCUT2D eigenvalue weighted by molar-refractivity contribution is -0.00192. The van der Waals surface area contributed by atoms with Crippen molar-refractivity contribution in [3.05, 3.63) is 51.3 Å². The zero-order valence-corrected chi connectivity index (χ0v) is 15.1. The van der Waals surface area contributed by atoms with Crippen LogP contribution >= 0.6 is 11.8 Å². The van der Waals surface area contributed by atoms with Gasteiger partial charge in [-0.3, -0.25) is 0 Å². The molecule has 9 rings (SSSR count). The average Bonchev–Trinajstić information content (AvgIpc) is 3.42. The fraction of sp³-hybridized carbons (Fsp3) is 0.600. The molecule has 7 aliphatic rings. The Morgan fingerprint density at radius 2 is 1.42 bits per heavy atom. The van der Waals surface area contributed by atoms with Crippen LogP contribution in [0.25, 0.3) is 5.69 Å². The molecule has 1 aromatic heterocycles. The van der Waals surface area contributed by atoms with Crippen molar-refractivity contribution < 1.29 is 0 Å². The van der Waals surface area contributed by atoms with Crippen LogP contribution in [0.1, 0.15) is 24.9 Å². The largest absolute Gasteiger partial charge is 0.352 e. The van der Waals surface area contributed by atoms with E-state index in [-0.39, 0.29) is 23.5 Å². The molecule has 0 radical (unpaired) electrons. The van der Waals surface area contributed by atoms with E-state index in [0.717, 1.165) is 11.8 Å². The van der Waals surface area contributed by atoms with Gasteiger partial charge in [-0.15, -0.1) is 0 Å². The van der Waals surface area contributed by atoms with Crippen LogP contribution in [0, 0.1) is 34.5 Å². The molecule has 2 spiro atoms. The van der Waals surface area contributed by atoms with E-state index in [1.807, 2.05) is 39.7 Å². The van der Waals surface area contributed by atoms with E-state index in [2.05, 4.69) is 11.8 Å². The fourth-order valence-corrected chi connectivity index (χ4v) is 10.0. The van der Waals surface area contributed by atoms with Gasteiger partial charge in [0.25, 0.3) is 0 Å². The van der Waals surface area contributed by atoms with Crippen molar-refractivity contribution in [2.75, 3.05) is 11.5 Å². The molecule has 1 aromatic carbocycles. The molecule has 26 heavy (non-hydrogen) atoms. The summed E-state index contributed by atoms with van der Waals surface area (Å²) in [5, 5.41) is 0. The number of rotatable bonds is 1. The van der Waals surface area contributed by atoms with Gasteiger partial charge in [0.2, 0.25) is 0 Å². The van der Waals surface area contributed by atoms with Gasteiger partial charge < -0.3 is 0 Å². The van der Waals surface area contributed by atoms with E-state index < -0.39 is 0 Å². The first kappa shape index (κ1) is 13.5. The minimum absolute atomic E-state index is 0.104. The summed E-state index contributed by atoms with van der Waals surface area (Å²) in [5.41, 5.74) is 1.17. The van der Waals surface area contributed by atoms with E-state index in [1.54, 1.807) is 0 Å². The first-order valence-electron chi connectivity index (χ1n) is 9.84. The van der Waals surface area contributed by atoms with Crippen LogP contribution < -0.4 is 11.4 Å². The third kappa shape index (κ3) is 0.987. The normalized spacial score (nSPS) is 50.2. The Bertz CT molecular complexity index is 1070. The number of hydrogen-bond donors (Lipinski definition) is 0. The molecule has 6 heteroatoms. The quantitative estimate of drug-likeness (QED) is 0.776. The van der Waals surface area contributed by atoms with Gasteiger partial charge in [0, 0.05) is 10.8 Å². The van der Waals surface area contributed by atoms with Gasteiger partial charge in [-0.05, 0) is 60.2 Å². The van der Waals surface area contributed by atoms with Crippen LogP contribution in [0.3, 0.4) is 0 Å². The highest BCUT2D eigenvalue weighted by Crippen LogP contribution is 3.04. The van der Waals surface area contributed by atoms with Crippen molar-refractivity contribution in [3.63, 3.8) is 0 Å². The molecule has 4 heterocycles.